The Morgan fingerprint density at radius 1 is 1.11 bits per heavy atom. The maximum Gasteiger partial charge on any atom is 0.251 e. The largest absolute Gasteiger partial charge is 0.441 e. The zero-order chi connectivity index (χ0) is 19.3. The fourth-order valence-corrected chi connectivity index (χ4v) is 3.03. The second-order valence-corrected chi connectivity index (χ2v) is 6.61. The number of oxazole rings is 1. The molecule has 0 spiro atoms. The van der Waals surface area contributed by atoms with Crippen LogP contribution in [0.5, 0.6) is 0 Å². The minimum absolute atomic E-state index is 0.179. The number of hydrogen-bond acceptors (Lipinski definition) is 5. The zero-order valence-electron chi connectivity index (χ0n) is 15.5. The normalized spacial score (nSPS) is 12.0. The van der Waals surface area contributed by atoms with Crippen molar-refractivity contribution in [3.63, 3.8) is 0 Å². The van der Waals surface area contributed by atoms with Crippen LogP contribution in [0.15, 0.2) is 71.5 Å². The van der Waals surface area contributed by atoms with Crippen LogP contribution in [0, 0.1) is 0 Å². The number of fused-ring (bicyclic) bond motifs is 1. The van der Waals surface area contributed by atoms with Crippen LogP contribution in [0.4, 0.5) is 0 Å². The van der Waals surface area contributed by atoms with Gasteiger partial charge in [-0.2, -0.15) is 0 Å². The van der Waals surface area contributed by atoms with Gasteiger partial charge in [-0.1, -0.05) is 30.3 Å². The highest BCUT2D eigenvalue weighted by atomic mass is 16.3. The van der Waals surface area contributed by atoms with Crippen LogP contribution in [-0.2, 0) is 12.8 Å². The number of benzene rings is 2. The van der Waals surface area contributed by atoms with E-state index in [0.717, 1.165) is 12.1 Å². The summed E-state index contributed by atoms with van der Waals surface area (Å²) in [5.74, 6) is 0.493. The Kier molecular flexibility index (Phi) is 5.10. The van der Waals surface area contributed by atoms with Crippen molar-refractivity contribution in [1.29, 1.82) is 0 Å². The predicted molar refractivity (Wildman–Crippen MR) is 106 cm³/mol. The second kappa shape index (κ2) is 8.00. The van der Waals surface area contributed by atoms with E-state index in [4.69, 9.17) is 4.42 Å². The molecular formula is C22H20N4O2. The molecule has 1 amide bonds. The Hall–Kier alpha value is -3.54. The Labute approximate surface area is 162 Å². The summed E-state index contributed by atoms with van der Waals surface area (Å²) >= 11 is 0. The molecule has 140 valence electrons. The summed E-state index contributed by atoms with van der Waals surface area (Å²) in [7, 11) is 0. The molecule has 2 heterocycles. The highest BCUT2D eigenvalue weighted by molar-refractivity contribution is 5.97. The molecule has 28 heavy (non-hydrogen) atoms. The molecule has 0 fully saturated rings. The summed E-state index contributed by atoms with van der Waals surface area (Å²) < 4.78 is 5.82. The summed E-state index contributed by atoms with van der Waals surface area (Å²) in [6.45, 7) is 1.89. The molecule has 0 unspecified atom stereocenters. The van der Waals surface area contributed by atoms with Gasteiger partial charge in [0.2, 0.25) is 0 Å². The molecule has 0 saturated heterocycles. The van der Waals surface area contributed by atoms with Crippen molar-refractivity contribution in [2.24, 2.45) is 0 Å². The molecule has 0 aliphatic rings. The molecule has 2 aromatic carbocycles. The molecule has 0 radical (unpaired) electrons. The lowest BCUT2D eigenvalue weighted by atomic mass is 10.1. The van der Waals surface area contributed by atoms with Crippen molar-refractivity contribution in [1.82, 2.24) is 20.3 Å². The van der Waals surface area contributed by atoms with E-state index in [9.17, 15) is 4.79 Å². The Balaban J connectivity index is 1.46. The third-order valence-corrected chi connectivity index (χ3v) is 4.56. The number of nitrogens with one attached hydrogen (secondary N) is 1. The fraction of sp³-hybridized carbons (Fsp3) is 0.182. The van der Waals surface area contributed by atoms with Crippen molar-refractivity contribution in [3.05, 3.63) is 89.8 Å². The van der Waals surface area contributed by atoms with Gasteiger partial charge in [0.05, 0.1) is 11.7 Å². The molecule has 4 aromatic rings. The average Bonchev–Trinajstić information content (AvgIpc) is 3.15. The first-order chi connectivity index (χ1) is 13.7. The van der Waals surface area contributed by atoms with Gasteiger partial charge in [-0.05, 0) is 43.2 Å². The quantitative estimate of drug-likeness (QED) is 0.555. The van der Waals surface area contributed by atoms with Crippen LogP contribution in [0.25, 0.3) is 11.1 Å². The summed E-state index contributed by atoms with van der Waals surface area (Å²) in [6.07, 6.45) is 4.70. The number of carbonyl (C=O) groups is 1. The van der Waals surface area contributed by atoms with E-state index < -0.39 is 0 Å². The van der Waals surface area contributed by atoms with Crippen LogP contribution < -0.4 is 5.32 Å². The van der Waals surface area contributed by atoms with Gasteiger partial charge in [0.15, 0.2) is 11.5 Å². The van der Waals surface area contributed by atoms with Gasteiger partial charge in [-0.15, -0.1) is 0 Å². The monoisotopic (exact) mass is 372 g/mol. The average molecular weight is 372 g/mol. The highest BCUT2D eigenvalue weighted by Crippen LogP contribution is 2.19. The molecule has 0 aliphatic heterocycles. The fourth-order valence-electron chi connectivity index (χ4n) is 3.03. The number of rotatable bonds is 6. The first kappa shape index (κ1) is 17.9. The summed E-state index contributed by atoms with van der Waals surface area (Å²) in [5.41, 5.74) is 3.91. The molecule has 2 aromatic heterocycles. The summed E-state index contributed by atoms with van der Waals surface area (Å²) in [6, 6.07) is 17.1. The van der Waals surface area contributed by atoms with E-state index >= 15 is 0 Å². The van der Waals surface area contributed by atoms with Crippen LogP contribution in [0.3, 0.4) is 0 Å². The van der Waals surface area contributed by atoms with Crippen molar-refractivity contribution < 1.29 is 9.21 Å². The zero-order valence-corrected chi connectivity index (χ0v) is 15.5. The molecule has 0 aliphatic carbocycles. The van der Waals surface area contributed by atoms with Gasteiger partial charge in [0, 0.05) is 18.2 Å². The Morgan fingerprint density at radius 2 is 1.96 bits per heavy atom. The maximum atomic E-state index is 12.6. The Morgan fingerprint density at radius 3 is 2.75 bits per heavy atom. The lowest BCUT2D eigenvalue weighted by molar-refractivity contribution is 0.0939. The number of nitrogens with zero attached hydrogens (tertiary/aromatic N) is 3. The molecule has 0 saturated carbocycles. The molecule has 6 heteroatoms. The first-order valence-electron chi connectivity index (χ1n) is 9.19. The van der Waals surface area contributed by atoms with Gasteiger partial charge in [-0.3, -0.25) is 4.79 Å². The molecular weight excluding hydrogens is 352 g/mol. The summed E-state index contributed by atoms with van der Waals surface area (Å²) in [5, 5.41) is 2.94. The van der Waals surface area contributed by atoms with Crippen molar-refractivity contribution >= 4 is 17.0 Å². The standard InChI is InChI=1S/C22H20N4O2/c1-15(18-11-12-23-14-24-18)25-22(27)17-8-9-20-19(13-17)26-21(28-20)10-7-16-5-3-2-4-6-16/h2-6,8-9,11-15H,7,10H2,1H3,(H,25,27)/t15-/m0/s1. The number of carbonyl (C=O) groups excluding carboxylic acids is 1. The van der Waals surface area contributed by atoms with Crippen molar-refractivity contribution in [2.45, 2.75) is 25.8 Å². The number of aryl methyl sites for hydroxylation is 2. The van der Waals surface area contributed by atoms with Crippen molar-refractivity contribution in [2.75, 3.05) is 0 Å². The van der Waals surface area contributed by atoms with Crippen LogP contribution >= 0.6 is 0 Å². The van der Waals surface area contributed by atoms with Gasteiger partial charge in [0.25, 0.3) is 5.91 Å². The van der Waals surface area contributed by atoms with Gasteiger partial charge in [0.1, 0.15) is 11.8 Å². The predicted octanol–water partition coefficient (Wildman–Crippen LogP) is 3.89. The second-order valence-electron chi connectivity index (χ2n) is 6.61. The molecule has 4 rings (SSSR count). The van der Waals surface area contributed by atoms with E-state index in [1.165, 1.54) is 11.9 Å². The Bertz CT molecular complexity index is 1080. The van der Waals surface area contributed by atoms with Crippen LogP contribution in [-0.4, -0.2) is 20.9 Å². The first-order valence-corrected chi connectivity index (χ1v) is 9.19. The molecule has 1 N–H and O–H groups in total. The number of amides is 1. The molecule has 6 nitrogen and oxygen atoms in total. The number of aromatic nitrogens is 3. The smallest absolute Gasteiger partial charge is 0.251 e. The third-order valence-electron chi connectivity index (χ3n) is 4.56. The van der Waals surface area contributed by atoms with E-state index in [0.29, 0.717) is 29.0 Å². The summed E-state index contributed by atoms with van der Waals surface area (Å²) in [4.78, 5) is 25.2. The van der Waals surface area contributed by atoms with E-state index in [1.807, 2.05) is 25.1 Å². The molecule has 1 atom stereocenters. The van der Waals surface area contributed by atoms with Gasteiger partial charge in [-0.25, -0.2) is 15.0 Å². The third kappa shape index (κ3) is 4.06. The van der Waals surface area contributed by atoms with E-state index in [2.05, 4.69) is 32.4 Å². The minimum atomic E-state index is -0.218. The lowest BCUT2D eigenvalue weighted by Crippen LogP contribution is -2.27. The van der Waals surface area contributed by atoms with Gasteiger partial charge >= 0.3 is 0 Å². The number of hydrogen-bond donors (Lipinski definition) is 1. The lowest BCUT2D eigenvalue weighted by Gasteiger charge is -2.12. The maximum absolute atomic E-state index is 12.6. The molecule has 0 bridgehead atoms. The van der Waals surface area contributed by atoms with Gasteiger partial charge < -0.3 is 9.73 Å². The van der Waals surface area contributed by atoms with E-state index in [1.54, 1.807) is 30.5 Å². The van der Waals surface area contributed by atoms with Crippen molar-refractivity contribution in [3.8, 4) is 0 Å². The van der Waals surface area contributed by atoms with Crippen LogP contribution in [0.1, 0.15) is 40.5 Å². The SMILES string of the molecule is C[C@H](NC(=O)c1ccc2oc(CCc3ccccc3)nc2c1)c1ccncn1. The van der Waals surface area contributed by atoms with E-state index in [-0.39, 0.29) is 11.9 Å². The van der Waals surface area contributed by atoms with Crippen LogP contribution in [0.2, 0.25) is 0 Å². The minimum Gasteiger partial charge on any atom is -0.441 e. The highest BCUT2D eigenvalue weighted by Gasteiger charge is 2.14. The topological polar surface area (TPSA) is 80.9 Å².